The summed E-state index contributed by atoms with van der Waals surface area (Å²) < 4.78 is 4.82. The summed E-state index contributed by atoms with van der Waals surface area (Å²) in [6.45, 7) is 0. The van der Waals surface area contributed by atoms with E-state index in [9.17, 15) is 4.79 Å². The number of hydrogen-bond donors (Lipinski definition) is 1. The molecule has 6 heteroatoms. The van der Waals surface area contributed by atoms with Gasteiger partial charge in [-0.05, 0) is 5.56 Å². The van der Waals surface area contributed by atoms with Gasteiger partial charge in [0.1, 0.15) is 5.71 Å². The fourth-order valence-corrected chi connectivity index (χ4v) is 2.91. The number of nitrogens with one attached hydrogen (secondary N) is 1. The van der Waals surface area contributed by atoms with E-state index in [2.05, 4.69) is 15.5 Å². The summed E-state index contributed by atoms with van der Waals surface area (Å²) in [7, 11) is 1.35. The van der Waals surface area contributed by atoms with Crippen molar-refractivity contribution in [2.45, 2.75) is 6.42 Å². The summed E-state index contributed by atoms with van der Waals surface area (Å²) in [5.41, 5.74) is 6.05. The number of hydrazone groups is 1. The quantitative estimate of drug-likeness (QED) is 0.414. The van der Waals surface area contributed by atoms with Gasteiger partial charge in [0.2, 0.25) is 5.13 Å². The molecule has 0 aliphatic rings. The van der Waals surface area contributed by atoms with Crippen LogP contribution in [0.15, 0.2) is 71.1 Å². The van der Waals surface area contributed by atoms with E-state index in [1.165, 1.54) is 18.4 Å². The SMILES string of the molecule is COC(=O)/C(Cc1ccccc1)=N\Nc1nc(-c2ccccc2)cs1. The second kappa shape index (κ2) is 8.21. The van der Waals surface area contributed by atoms with Gasteiger partial charge >= 0.3 is 5.97 Å². The topological polar surface area (TPSA) is 63.6 Å². The van der Waals surface area contributed by atoms with Crippen molar-refractivity contribution in [2.24, 2.45) is 5.10 Å². The first-order valence-corrected chi connectivity index (χ1v) is 8.60. The third kappa shape index (κ3) is 4.51. The fraction of sp³-hybridized carbons (Fsp3) is 0.105. The molecule has 2 aromatic carbocycles. The molecule has 1 heterocycles. The number of hydrogen-bond acceptors (Lipinski definition) is 6. The van der Waals surface area contributed by atoms with E-state index in [0.29, 0.717) is 17.3 Å². The Morgan fingerprint density at radius 1 is 1.12 bits per heavy atom. The van der Waals surface area contributed by atoms with Gasteiger partial charge in [-0.1, -0.05) is 60.7 Å². The van der Waals surface area contributed by atoms with Crippen LogP contribution < -0.4 is 5.43 Å². The zero-order valence-electron chi connectivity index (χ0n) is 13.7. The predicted molar refractivity (Wildman–Crippen MR) is 101 cm³/mol. The molecule has 1 aromatic heterocycles. The standard InChI is InChI=1S/C19H17N3O2S/c1-24-18(23)16(12-14-8-4-2-5-9-14)21-22-19-20-17(13-25-19)15-10-6-3-7-11-15/h2-11,13H,12H2,1H3,(H,20,22)/b21-16-. The van der Waals surface area contributed by atoms with Crippen LogP contribution in [-0.4, -0.2) is 23.8 Å². The molecule has 0 saturated carbocycles. The van der Waals surface area contributed by atoms with Crippen molar-refractivity contribution in [1.29, 1.82) is 0 Å². The summed E-state index contributed by atoms with van der Waals surface area (Å²) >= 11 is 1.43. The largest absolute Gasteiger partial charge is 0.464 e. The highest BCUT2D eigenvalue weighted by Gasteiger charge is 2.13. The third-order valence-electron chi connectivity index (χ3n) is 3.50. The Morgan fingerprint density at radius 2 is 1.80 bits per heavy atom. The van der Waals surface area contributed by atoms with Crippen molar-refractivity contribution < 1.29 is 9.53 Å². The van der Waals surface area contributed by atoms with Gasteiger partial charge in [-0.25, -0.2) is 9.78 Å². The van der Waals surface area contributed by atoms with Crippen molar-refractivity contribution >= 4 is 28.1 Å². The number of ether oxygens (including phenoxy) is 1. The van der Waals surface area contributed by atoms with Gasteiger partial charge in [-0.15, -0.1) is 11.3 Å². The molecule has 0 spiro atoms. The van der Waals surface area contributed by atoms with Crippen molar-refractivity contribution in [1.82, 2.24) is 4.98 Å². The minimum atomic E-state index is -0.462. The first kappa shape index (κ1) is 16.9. The Labute approximate surface area is 150 Å². The first-order chi connectivity index (χ1) is 12.3. The van der Waals surface area contributed by atoms with Gasteiger partial charge in [0.25, 0.3) is 0 Å². The lowest BCUT2D eigenvalue weighted by Gasteiger charge is -2.05. The molecule has 0 bridgehead atoms. The first-order valence-electron chi connectivity index (χ1n) is 7.72. The number of nitrogens with zero attached hydrogens (tertiary/aromatic N) is 2. The van der Waals surface area contributed by atoms with Crippen molar-refractivity contribution in [3.8, 4) is 11.3 Å². The highest BCUT2D eigenvalue weighted by Crippen LogP contribution is 2.24. The van der Waals surface area contributed by atoms with E-state index >= 15 is 0 Å². The van der Waals surface area contributed by atoms with Crippen LogP contribution in [0.2, 0.25) is 0 Å². The molecule has 5 nitrogen and oxygen atoms in total. The Hall–Kier alpha value is -2.99. The van der Waals surface area contributed by atoms with Gasteiger partial charge in [-0.3, -0.25) is 5.43 Å². The number of benzene rings is 2. The fourth-order valence-electron chi connectivity index (χ4n) is 2.25. The minimum Gasteiger partial charge on any atom is -0.464 e. The van der Waals surface area contributed by atoms with Crippen molar-refractivity contribution in [3.63, 3.8) is 0 Å². The lowest BCUT2D eigenvalue weighted by atomic mass is 10.1. The summed E-state index contributed by atoms with van der Waals surface area (Å²) in [5, 5.41) is 6.77. The van der Waals surface area contributed by atoms with Crippen molar-refractivity contribution in [2.75, 3.05) is 12.5 Å². The molecule has 0 saturated heterocycles. The Balaban J connectivity index is 1.75. The van der Waals surface area contributed by atoms with Crippen molar-refractivity contribution in [3.05, 3.63) is 71.6 Å². The number of methoxy groups -OCH3 is 1. The Kier molecular flexibility index (Phi) is 5.53. The smallest absolute Gasteiger partial charge is 0.354 e. The van der Waals surface area contributed by atoms with Crippen LogP contribution in [0.4, 0.5) is 5.13 Å². The zero-order chi connectivity index (χ0) is 17.5. The molecule has 126 valence electrons. The summed E-state index contributed by atoms with van der Waals surface area (Å²) in [6.07, 6.45) is 0.386. The average Bonchev–Trinajstić information content (AvgIpc) is 3.15. The summed E-state index contributed by atoms with van der Waals surface area (Å²) in [4.78, 5) is 16.4. The van der Waals surface area contributed by atoms with Crippen LogP contribution in [0.5, 0.6) is 0 Å². The molecule has 0 aliphatic carbocycles. The molecular formula is C19H17N3O2S. The van der Waals surface area contributed by atoms with Crippen LogP contribution >= 0.6 is 11.3 Å². The molecule has 3 rings (SSSR count). The summed E-state index contributed by atoms with van der Waals surface area (Å²) in [6, 6.07) is 19.5. The zero-order valence-corrected chi connectivity index (χ0v) is 14.5. The maximum Gasteiger partial charge on any atom is 0.354 e. The Morgan fingerprint density at radius 3 is 2.48 bits per heavy atom. The van der Waals surface area contributed by atoms with Crippen LogP contribution in [0.1, 0.15) is 5.56 Å². The molecule has 1 N–H and O–H groups in total. The average molecular weight is 351 g/mol. The third-order valence-corrected chi connectivity index (χ3v) is 4.24. The van der Waals surface area contributed by atoms with Gasteiger partial charge < -0.3 is 4.74 Å². The molecular weight excluding hydrogens is 334 g/mol. The van der Waals surface area contributed by atoms with E-state index < -0.39 is 5.97 Å². The number of esters is 1. The molecule has 0 unspecified atom stereocenters. The van der Waals surface area contributed by atoms with E-state index in [4.69, 9.17) is 4.74 Å². The molecule has 0 amide bonds. The molecule has 0 atom stereocenters. The van der Waals surface area contributed by atoms with Gasteiger partial charge in [0.15, 0.2) is 0 Å². The van der Waals surface area contributed by atoms with E-state index in [1.54, 1.807) is 0 Å². The normalized spacial score (nSPS) is 11.2. The molecule has 25 heavy (non-hydrogen) atoms. The number of carbonyl (C=O) groups is 1. The highest BCUT2D eigenvalue weighted by atomic mass is 32.1. The lowest BCUT2D eigenvalue weighted by Crippen LogP contribution is -2.20. The van der Waals surface area contributed by atoms with E-state index in [-0.39, 0.29) is 0 Å². The predicted octanol–water partition coefficient (Wildman–Crippen LogP) is 3.99. The van der Waals surface area contributed by atoms with Gasteiger partial charge in [0, 0.05) is 17.4 Å². The van der Waals surface area contributed by atoms with Crippen LogP contribution in [0.3, 0.4) is 0 Å². The molecule has 3 aromatic rings. The second-order valence-electron chi connectivity index (χ2n) is 5.23. The second-order valence-corrected chi connectivity index (χ2v) is 6.09. The minimum absolute atomic E-state index is 0.296. The molecule has 0 radical (unpaired) electrons. The van der Waals surface area contributed by atoms with E-state index in [1.807, 2.05) is 66.0 Å². The maximum absolute atomic E-state index is 12.0. The van der Waals surface area contributed by atoms with Gasteiger partial charge in [-0.2, -0.15) is 5.10 Å². The number of rotatable bonds is 6. The Bertz CT molecular complexity index is 861. The highest BCUT2D eigenvalue weighted by molar-refractivity contribution is 7.14. The number of anilines is 1. The van der Waals surface area contributed by atoms with Crippen LogP contribution in [-0.2, 0) is 16.0 Å². The number of aromatic nitrogens is 1. The van der Waals surface area contributed by atoms with E-state index in [0.717, 1.165) is 16.8 Å². The monoisotopic (exact) mass is 351 g/mol. The lowest BCUT2D eigenvalue weighted by molar-refractivity contribution is -0.132. The molecule has 0 aliphatic heterocycles. The number of thiazole rings is 1. The number of carbonyl (C=O) groups excluding carboxylic acids is 1. The maximum atomic E-state index is 12.0. The molecule has 0 fully saturated rings. The van der Waals surface area contributed by atoms with Gasteiger partial charge in [0.05, 0.1) is 12.8 Å². The summed E-state index contributed by atoms with van der Waals surface area (Å²) in [5.74, 6) is -0.462. The van der Waals surface area contributed by atoms with Crippen LogP contribution in [0, 0.1) is 0 Å². The van der Waals surface area contributed by atoms with Crippen LogP contribution in [0.25, 0.3) is 11.3 Å².